The van der Waals surface area contributed by atoms with Gasteiger partial charge in [0.05, 0.1) is 15.6 Å². The van der Waals surface area contributed by atoms with Gasteiger partial charge < -0.3 is 5.32 Å². The number of aromatic nitrogens is 4. The van der Waals surface area contributed by atoms with E-state index in [1.807, 2.05) is 6.20 Å². The van der Waals surface area contributed by atoms with E-state index in [1.54, 1.807) is 24.9 Å². The molecule has 1 N–H and O–H groups in total. The van der Waals surface area contributed by atoms with Crippen LogP contribution in [-0.2, 0) is 13.6 Å². The first-order valence-electron chi connectivity index (χ1n) is 6.54. The fourth-order valence-electron chi connectivity index (χ4n) is 1.96. The molecule has 0 aliphatic carbocycles. The summed E-state index contributed by atoms with van der Waals surface area (Å²) in [5.74, 6) is -0.544. The number of nitrogens with one attached hydrogen (secondary N) is 1. The summed E-state index contributed by atoms with van der Waals surface area (Å²) in [5.41, 5.74) is -0.0700. The summed E-state index contributed by atoms with van der Waals surface area (Å²) in [6.07, 6.45) is 4.16. The van der Waals surface area contributed by atoms with Gasteiger partial charge in [0.2, 0.25) is 5.69 Å². The second-order valence-corrected chi connectivity index (χ2v) is 5.61. The van der Waals surface area contributed by atoms with Gasteiger partial charge in [-0.15, -0.1) is 0 Å². The van der Waals surface area contributed by atoms with Crippen molar-refractivity contribution in [2.24, 2.45) is 7.05 Å². The molecular weight excluding hydrogens is 356 g/mol. The lowest BCUT2D eigenvalue weighted by molar-refractivity contribution is -0.385. The third-order valence-electron chi connectivity index (χ3n) is 3.15. The first-order chi connectivity index (χ1) is 10.4. The largest absolute Gasteiger partial charge is 0.350 e. The second kappa shape index (κ2) is 6.69. The Morgan fingerprint density at radius 1 is 1.55 bits per heavy atom. The molecule has 0 radical (unpaired) electrons. The zero-order chi connectivity index (χ0) is 16.3. The van der Waals surface area contributed by atoms with E-state index in [0.717, 1.165) is 4.47 Å². The van der Waals surface area contributed by atoms with E-state index in [0.29, 0.717) is 25.2 Å². The molecule has 0 unspecified atom stereocenters. The monoisotopic (exact) mass is 370 g/mol. The lowest BCUT2D eigenvalue weighted by Crippen LogP contribution is -2.26. The summed E-state index contributed by atoms with van der Waals surface area (Å²) in [6.45, 7) is 2.57. The van der Waals surface area contributed by atoms with Gasteiger partial charge in [-0.25, -0.2) is 0 Å². The third-order valence-corrected chi connectivity index (χ3v) is 3.56. The first kappa shape index (κ1) is 16.1. The minimum Gasteiger partial charge on any atom is -0.350 e. The van der Waals surface area contributed by atoms with Crippen molar-refractivity contribution in [1.29, 1.82) is 0 Å². The number of amides is 1. The summed E-state index contributed by atoms with van der Waals surface area (Å²) in [7, 11) is 1.56. The number of hydrogen-bond donors (Lipinski definition) is 1. The molecule has 0 saturated heterocycles. The zero-order valence-corrected chi connectivity index (χ0v) is 13.7. The van der Waals surface area contributed by atoms with Gasteiger partial charge in [0.25, 0.3) is 5.91 Å². The van der Waals surface area contributed by atoms with Crippen LogP contribution >= 0.6 is 15.9 Å². The molecule has 22 heavy (non-hydrogen) atoms. The van der Waals surface area contributed by atoms with Crippen molar-refractivity contribution in [1.82, 2.24) is 24.9 Å². The Balaban J connectivity index is 1.92. The summed E-state index contributed by atoms with van der Waals surface area (Å²) in [6, 6.07) is 0. The van der Waals surface area contributed by atoms with Gasteiger partial charge in [-0.05, 0) is 29.3 Å². The molecular formula is C12H15BrN6O3. The molecule has 10 heteroatoms. The number of nitro groups is 1. The van der Waals surface area contributed by atoms with Crippen LogP contribution in [0.5, 0.6) is 0 Å². The normalized spacial score (nSPS) is 10.7. The second-order valence-electron chi connectivity index (χ2n) is 4.69. The van der Waals surface area contributed by atoms with E-state index in [1.165, 1.54) is 4.68 Å². The molecule has 118 valence electrons. The fraction of sp³-hybridized carbons (Fsp3) is 0.417. The predicted octanol–water partition coefficient (Wildman–Crippen LogP) is 1.42. The highest BCUT2D eigenvalue weighted by atomic mass is 79.9. The molecule has 2 aromatic heterocycles. The lowest BCUT2D eigenvalue weighted by Gasteiger charge is -2.03. The lowest BCUT2D eigenvalue weighted by atomic mass is 10.3. The van der Waals surface area contributed by atoms with Crippen molar-refractivity contribution in [3.05, 3.63) is 38.4 Å². The van der Waals surface area contributed by atoms with Crippen molar-refractivity contribution in [2.75, 3.05) is 6.54 Å². The standard InChI is InChI=1S/C12H15BrN6O3/c1-8-11(19(21)22)10(16-17(8)2)12(20)14-4-3-5-18-7-9(13)6-15-18/h6-7H,3-5H2,1-2H3,(H,14,20). The summed E-state index contributed by atoms with van der Waals surface area (Å²) in [4.78, 5) is 22.5. The van der Waals surface area contributed by atoms with Gasteiger partial charge in [-0.1, -0.05) is 0 Å². The average Bonchev–Trinajstić information content (AvgIpc) is 2.99. The fourth-order valence-corrected chi connectivity index (χ4v) is 2.28. The molecule has 0 atom stereocenters. The molecule has 2 rings (SSSR count). The molecule has 9 nitrogen and oxygen atoms in total. The van der Waals surface area contributed by atoms with Crippen LogP contribution in [0.4, 0.5) is 5.69 Å². The Bertz CT molecular complexity index is 708. The van der Waals surface area contributed by atoms with Crippen molar-refractivity contribution < 1.29 is 9.72 Å². The highest BCUT2D eigenvalue weighted by molar-refractivity contribution is 9.10. The SMILES string of the molecule is Cc1c([N+](=O)[O-])c(C(=O)NCCCn2cc(Br)cn2)nn1C. The van der Waals surface area contributed by atoms with Gasteiger partial charge >= 0.3 is 5.69 Å². The molecule has 0 aromatic carbocycles. The Morgan fingerprint density at radius 3 is 2.86 bits per heavy atom. The molecule has 0 fully saturated rings. The van der Waals surface area contributed by atoms with Crippen LogP contribution in [0.2, 0.25) is 0 Å². The average molecular weight is 371 g/mol. The molecule has 0 saturated carbocycles. The molecule has 0 aliphatic rings. The molecule has 1 amide bonds. The van der Waals surface area contributed by atoms with Crippen molar-refractivity contribution in [3.63, 3.8) is 0 Å². The van der Waals surface area contributed by atoms with E-state index in [4.69, 9.17) is 0 Å². The highest BCUT2D eigenvalue weighted by Crippen LogP contribution is 2.21. The number of aryl methyl sites for hydroxylation is 2. The van der Waals surface area contributed by atoms with E-state index < -0.39 is 10.8 Å². The first-order valence-corrected chi connectivity index (χ1v) is 7.33. The summed E-state index contributed by atoms with van der Waals surface area (Å²) < 4.78 is 3.95. The topological polar surface area (TPSA) is 108 Å². The van der Waals surface area contributed by atoms with Crippen LogP contribution < -0.4 is 5.32 Å². The van der Waals surface area contributed by atoms with E-state index in [9.17, 15) is 14.9 Å². The molecule has 0 spiro atoms. The Hall–Kier alpha value is -2.23. The maximum atomic E-state index is 12.0. The Morgan fingerprint density at radius 2 is 2.27 bits per heavy atom. The maximum absolute atomic E-state index is 12.0. The van der Waals surface area contributed by atoms with Gasteiger partial charge in [0, 0.05) is 26.3 Å². The minimum atomic E-state index is -0.585. The van der Waals surface area contributed by atoms with Gasteiger partial charge in [-0.3, -0.25) is 24.3 Å². The van der Waals surface area contributed by atoms with Crippen LogP contribution in [0.25, 0.3) is 0 Å². The number of carbonyl (C=O) groups is 1. The van der Waals surface area contributed by atoms with E-state index >= 15 is 0 Å². The van der Waals surface area contributed by atoms with Crippen LogP contribution in [0.15, 0.2) is 16.9 Å². The summed E-state index contributed by atoms with van der Waals surface area (Å²) in [5, 5.41) is 21.7. The highest BCUT2D eigenvalue weighted by Gasteiger charge is 2.28. The summed E-state index contributed by atoms with van der Waals surface area (Å²) >= 11 is 3.30. The van der Waals surface area contributed by atoms with Crippen LogP contribution in [0.3, 0.4) is 0 Å². The van der Waals surface area contributed by atoms with Gasteiger partial charge in [-0.2, -0.15) is 10.2 Å². The van der Waals surface area contributed by atoms with E-state index in [2.05, 4.69) is 31.4 Å². The third kappa shape index (κ3) is 3.50. The van der Waals surface area contributed by atoms with Gasteiger partial charge in [0.1, 0.15) is 5.69 Å². The Labute approximate surface area is 134 Å². The van der Waals surface area contributed by atoms with Crippen molar-refractivity contribution in [3.8, 4) is 0 Å². The van der Waals surface area contributed by atoms with E-state index in [-0.39, 0.29) is 11.4 Å². The Kier molecular flexibility index (Phi) is 4.91. The quantitative estimate of drug-likeness (QED) is 0.469. The molecule has 0 aliphatic heterocycles. The number of rotatable bonds is 6. The molecule has 0 bridgehead atoms. The molecule has 2 heterocycles. The number of halogens is 1. The van der Waals surface area contributed by atoms with Crippen LogP contribution in [-0.4, -0.2) is 36.9 Å². The van der Waals surface area contributed by atoms with Crippen molar-refractivity contribution >= 4 is 27.5 Å². The van der Waals surface area contributed by atoms with Gasteiger partial charge in [0.15, 0.2) is 0 Å². The molecule has 2 aromatic rings. The number of hydrogen-bond acceptors (Lipinski definition) is 5. The number of nitrogens with zero attached hydrogens (tertiary/aromatic N) is 5. The van der Waals surface area contributed by atoms with Crippen molar-refractivity contribution in [2.45, 2.75) is 19.9 Å². The van der Waals surface area contributed by atoms with Crippen LogP contribution in [0.1, 0.15) is 22.6 Å². The maximum Gasteiger partial charge on any atom is 0.322 e. The predicted molar refractivity (Wildman–Crippen MR) is 81.5 cm³/mol. The minimum absolute atomic E-state index is 0.160. The zero-order valence-electron chi connectivity index (χ0n) is 12.1. The van der Waals surface area contributed by atoms with Crippen LogP contribution in [0, 0.1) is 17.0 Å². The smallest absolute Gasteiger partial charge is 0.322 e. The number of carbonyl (C=O) groups excluding carboxylic acids is 1.